The Hall–Kier alpha value is -1.51. The van der Waals surface area contributed by atoms with Crippen molar-refractivity contribution in [1.82, 2.24) is 13.9 Å². The van der Waals surface area contributed by atoms with E-state index in [1.165, 1.54) is 19.2 Å². The minimum atomic E-state index is -3.81. The van der Waals surface area contributed by atoms with E-state index in [-0.39, 0.29) is 28.6 Å². The van der Waals surface area contributed by atoms with Gasteiger partial charge in [0, 0.05) is 25.7 Å². The number of nitrogens with zero attached hydrogens (tertiary/aromatic N) is 2. The summed E-state index contributed by atoms with van der Waals surface area (Å²) in [6.45, 7) is 7.41. The number of hydrogen-bond donors (Lipinski definition) is 1. The first-order chi connectivity index (χ1) is 13.4. The molecule has 1 aromatic rings. The lowest BCUT2D eigenvalue weighted by Crippen LogP contribution is -2.58. The lowest BCUT2D eigenvalue weighted by atomic mass is 9.65. The van der Waals surface area contributed by atoms with Crippen LogP contribution in [0.4, 0.5) is 4.39 Å². The van der Waals surface area contributed by atoms with E-state index in [1.54, 1.807) is 12.1 Å². The van der Waals surface area contributed by atoms with Crippen molar-refractivity contribution >= 4 is 16.1 Å². The minimum Gasteiger partial charge on any atom is -0.338 e. The highest BCUT2D eigenvalue weighted by molar-refractivity contribution is 7.87. The van der Waals surface area contributed by atoms with Crippen LogP contribution in [0.2, 0.25) is 0 Å². The third kappa shape index (κ3) is 3.82. The molecular weight excluding hydrogens is 393 g/mol. The van der Waals surface area contributed by atoms with E-state index in [0.29, 0.717) is 18.5 Å². The van der Waals surface area contributed by atoms with E-state index in [9.17, 15) is 17.6 Å². The number of amides is 1. The Labute approximate surface area is 172 Å². The number of carbonyl (C=O) groups excluding carboxylic acids is 1. The van der Waals surface area contributed by atoms with Gasteiger partial charge in [0.1, 0.15) is 11.9 Å². The number of hydrogen-bond acceptors (Lipinski definition) is 3. The van der Waals surface area contributed by atoms with Gasteiger partial charge in [-0.2, -0.15) is 17.4 Å². The van der Waals surface area contributed by atoms with Crippen LogP contribution in [0, 0.1) is 16.6 Å². The van der Waals surface area contributed by atoms with Crippen LogP contribution in [-0.4, -0.2) is 49.2 Å². The highest BCUT2D eigenvalue weighted by Gasteiger charge is 2.53. The normalized spacial score (nSPS) is 36.2. The quantitative estimate of drug-likeness (QED) is 0.795. The zero-order valence-corrected chi connectivity index (χ0v) is 18.3. The Kier molecular flexibility index (Phi) is 4.83. The number of fused-ring (bicyclic) bond motifs is 2. The number of likely N-dealkylation sites (N-methyl/N-ethyl adjacent to an activating group) is 1. The first-order valence-electron chi connectivity index (χ1n) is 10.2. The third-order valence-corrected chi connectivity index (χ3v) is 8.42. The maximum absolute atomic E-state index is 13.6. The van der Waals surface area contributed by atoms with Crippen molar-refractivity contribution in [2.75, 3.05) is 13.6 Å². The van der Waals surface area contributed by atoms with Crippen molar-refractivity contribution in [3.8, 4) is 0 Å². The maximum atomic E-state index is 13.6. The van der Waals surface area contributed by atoms with Crippen molar-refractivity contribution in [2.24, 2.45) is 10.8 Å². The van der Waals surface area contributed by atoms with Crippen molar-refractivity contribution in [2.45, 2.75) is 64.6 Å². The molecule has 6 nitrogen and oxygen atoms in total. The fourth-order valence-electron chi connectivity index (χ4n) is 5.91. The molecule has 0 radical (unpaired) electrons. The number of halogens is 1. The van der Waals surface area contributed by atoms with Gasteiger partial charge >= 0.3 is 0 Å². The van der Waals surface area contributed by atoms with Gasteiger partial charge in [0.15, 0.2) is 0 Å². The van der Waals surface area contributed by atoms with Crippen LogP contribution < -0.4 is 4.72 Å². The number of nitrogens with one attached hydrogen (secondary N) is 1. The summed E-state index contributed by atoms with van der Waals surface area (Å²) in [5.74, 6) is -0.492. The molecule has 2 heterocycles. The Morgan fingerprint density at radius 1 is 1.17 bits per heavy atom. The van der Waals surface area contributed by atoms with E-state index in [1.807, 2.05) is 4.90 Å². The molecule has 2 aliphatic heterocycles. The molecule has 3 fully saturated rings. The minimum absolute atomic E-state index is 0.0861. The predicted octanol–water partition coefficient (Wildman–Crippen LogP) is 2.83. The van der Waals surface area contributed by atoms with Gasteiger partial charge in [-0.25, -0.2) is 4.39 Å². The van der Waals surface area contributed by atoms with Gasteiger partial charge in [0.25, 0.3) is 10.2 Å². The zero-order valence-electron chi connectivity index (χ0n) is 17.5. The van der Waals surface area contributed by atoms with E-state index in [2.05, 4.69) is 25.5 Å². The summed E-state index contributed by atoms with van der Waals surface area (Å²) in [5, 5.41) is 0. The molecule has 1 saturated carbocycles. The summed E-state index contributed by atoms with van der Waals surface area (Å²) in [6.07, 6.45) is 3.31. The smallest absolute Gasteiger partial charge is 0.280 e. The molecule has 0 spiro atoms. The summed E-state index contributed by atoms with van der Waals surface area (Å²) >= 11 is 0. The molecule has 8 heteroatoms. The molecule has 1 N–H and O–H groups in total. The van der Waals surface area contributed by atoms with Crippen molar-refractivity contribution in [1.29, 1.82) is 0 Å². The summed E-state index contributed by atoms with van der Waals surface area (Å²) in [7, 11) is -2.35. The standard InChI is InChI=1S/C21H30FN3O3S/c1-20(2)10-16-11-21(3,12-20)13-25(16)19(26)18-9-17(23-29(27,28)24(18)4)14-5-7-15(22)8-6-14/h5-8,16-18,23H,9-13H2,1-4H3/t16-,17-,18+,21+/m0/s1. The number of likely N-dealkylation sites (tertiary alicyclic amines) is 1. The van der Waals surface area contributed by atoms with Gasteiger partial charge < -0.3 is 4.90 Å². The first kappa shape index (κ1) is 20.8. The third-order valence-electron chi connectivity index (χ3n) is 6.82. The maximum Gasteiger partial charge on any atom is 0.280 e. The van der Waals surface area contributed by atoms with Gasteiger partial charge in [-0.1, -0.05) is 32.9 Å². The summed E-state index contributed by atoms with van der Waals surface area (Å²) in [4.78, 5) is 15.5. The Morgan fingerprint density at radius 2 is 1.83 bits per heavy atom. The number of benzene rings is 1. The molecule has 0 unspecified atom stereocenters. The topological polar surface area (TPSA) is 69.7 Å². The van der Waals surface area contributed by atoms with Crippen LogP contribution in [0.25, 0.3) is 0 Å². The van der Waals surface area contributed by atoms with Crippen LogP contribution in [0.15, 0.2) is 24.3 Å². The number of rotatable bonds is 2. The highest BCUT2D eigenvalue weighted by atomic mass is 32.2. The van der Waals surface area contributed by atoms with Gasteiger partial charge in [0.05, 0.1) is 0 Å². The molecule has 3 aliphatic rings. The lowest BCUT2D eigenvalue weighted by Gasteiger charge is -2.41. The molecule has 1 amide bonds. The van der Waals surface area contributed by atoms with E-state index < -0.39 is 22.3 Å². The van der Waals surface area contributed by atoms with Crippen LogP contribution in [0.3, 0.4) is 0 Å². The molecule has 4 rings (SSSR count). The molecule has 29 heavy (non-hydrogen) atoms. The Balaban J connectivity index is 1.61. The van der Waals surface area contributed by atoms with Gasteiger partial charge in [-0.15, -0.1) is 0 Å². The lowest BCUT2D eigenvalue weighted by molar-refractivity contribution is -0.137. The van der Waals surface area contributed by atoms with Gasteiger partial charge in [-0.3, -0.25) is 4.79 Å². The summed E-state index contributed by atoms with van der Waals surface area (Å²) in [5.41, 5.74) is 0.923. The van der Waals surface area contributed by atoms with Gasteiger partial charge in [-0.05, 0) is 54.2 Å². The van der Waals surface area contributed by atoms with Crippen LogP contribution in [-0.2, 0) is 15.0 Å². The molecule has 1 aliphatic carbocycles. The van der Waals surface area contributed by atoms with Crippen molar-refractivity contribution in [3.05, 3.63) is 35.6 Å². The predicted molar refractivity (Wildman–Crippen MR) is 109 cm³/mol. The second-order valence-electron chi connectivity index (χ2n) is 10.2. The second-order valence-corrected chi connectivity index (χ2v) is 11.9. The molecule has 1 aromatic carbocycles. The van der Waals surface area contributed by atoms with Crippen LogP contribution >= 0.6 is 0 Å². The first-order valence-corrected chi connectivity index (χ1v) is 11.6. The fraction of sp³-hybridized carbons (Fsp3) is 0.667. The van der Waals surface area contributed by atoms with Crippen molar-refractivity contribution in [3.63, 3.8) is 0 Å². The zero-order chi connectivity index (χ0) is 21.2. The highest BCUT2D eigenvalue weighted by Crippen LogP contribution is 2.52. The molecule has 4 atom stereocenters. The van der Waals surface area contributed by atoms with Crippen LogP contribution in [0.1, 0.15) is 58.1 Å². The SMILES string of the molecule is CN1[C@@H](C(=O)N2C[C@]3(C)C[C@@H]2CC(C)(C)C3)C[C@@H](c2ccc(F)cc2)NS1(=O)=O. The molecule has 0 aromatic heterocycles. The average Bonchev–Trinajstić information content (AvgIpc) is 2.86. The number of carbonyl (C=O) groups is 1. The molecule has 160 valence electrons. The average molecular weight is 424 g/mol. The van der Waals surface area contributed by atoms with E-state index >= 15 is 0 Å². The summed E-state index contributed by atoms with van der Waals surface area (Å²) < 4.78 is 42.5. The molecular formula is C21H30FN3O3S. The monoisotopic (exact) mass is 423 g/mol. The van der Waals surface area contributed by atoms with Gasteiger partial charge in [0.2, 0.25) is 5.91 Å². The Bertz CT molecular complexity index is 918. The Morgan fingerprint density at radius 3 is 2.48 bits per heavy atom. The van der Waals surface area contributed by atoms with Crippen molar-refractivity contribution < 1.29 is 17.6 Å². The summed E-state index contributed by atoms with van der Waals surface area (Å²) in [6, 6.07) is 4.61. The second kappa shape index (κ2) is 6.75. The van der Waals surface area contributed by atoms with E-state index in [0.717, 1.165) is 23.6 Å². The molecule has 2 bridgehead atoms. The van der Waals surface area contributed by atoms with E-state index in [4.69, 9.17) is 0 Å². The molecule has 2 saturated heterocycles. The largest absolute Gasteiger partial charge is 0.338 e. The fourth-order valence-corrected chi connectivity index (χ4v) is 7.18. The van der Waals surface area contributed by atoms with Crippen LogP contribution in [0.5, 0.6) is 0 Å².